The van der Waals surface area contributed by atoms with E-state index in [1.807, 2.05) is 0 Å². The summed E-state index contributed by atoms with van der Waals surface area (Å²) in [7, 11) is 0. The van der Waals surface area contributed by atoms with Crippen molar-refractivity contribution in [2.24, 2.45) is 0 Å². The summed E-state index contributed by atoms with van der Waals surface area (Å²) in [6, 6.07) is 4.95. The Morgan fingerprint density at radius 3 is 2.82 bits per heavy atom. The highest BCUT2D eigenvalue weighted by molar-refractivity contribution is 9.10. The molecule has 0 spiro atoms. The molecule has 2 aromatic rings. The minimum absolute atomic E-state index is 0.0323. The number of alkyl halides is 2. The van der Waals surface area contributed by atoms with Crippen molar-refractivity contribution in [3.05, 3.63) is 45.8 Å². The molecule has 9 heteroatoms. The van der Waals surface area contributed by atoms with Crippen molar-refractivity contribution >= 4 is 27.7 Å². The maximum atomic E-state index is 14.1. The molecule has 1 unspecified atom stereocenters. The van der Waals surface area contributed by atoms with Crippen LogP contribution in [0.3, 0.4) is 0 Å². The molecular formula is C13H10BrF3N4O. The third kappa shape index (κ3) is 2.16. The van der Waals surface area contributed by atoms with Crippen LogP contribution in [0.5, 0.6) is 0 Å². The maximum absolute atomic E-state index is 14.1. The molecule has 5 nitrogen and oxygen atoms in total. The molecule has 1 aliphatic rings. The van der Waals surface area contributed by atoms with Gasteiger partial charge in [0.05, 0.1) is 6.54 Å². The Morgan fingerprint density at radius 1 is 1.41 bits per heavy atom. The van der Waals surface area contributed by atoms with Crippen LogP contribution < -0.4 is 11.1 Å². The van der Waals surface area contributed by atoms with E-state index in [9.17, 15) is 18.0 Å². The number of fused-ring (bicyclic) bond motifs is 1. The molecule has 1 aromatic carbocycles. The molecule has 0 bridgehead atoms. The minimum atomic E-state index is -3.04. The van der Waals surface area contributed by atoms with Gasteiger partial charge in [-0.3, -0.25) is 9.48 Å². The standard InChI is InChI=1S/C13H10BrF3N4O/c14-6-1-2-8(15)7(3-6)13(12(16)17)5-21-9(11(22)19-13)4-10(18)20-21/h1-4,12H,5H2,(H2,18,20)(H,19,22). The summed E-state index contributed by atoms with van der Waals surface area (Å²) in [5.41, 5.74) is 3.03. The molecule has 0 saturated carbocycles. The lowest BCUT2D eigenvalue weighted by molar-refractivity contribution is 0.00478. The lowest BCUT2D eigenvalue weighted by Gasteiger charge is -2.38. The van der Waals surface area contributed by atoms with Gasteiger partial charge in [-0.15, -0.1) is 0 Å². The Labute approximate surface area is 131 Å². The number of hydrogen-bond acceptors (Lipinski definition) is 3. The third-order valence-electron chi connectivity index (χ3n) is 3.55. The van der Waals surface area contributed by atoms with Gasteiger partial charge in [-0.2, -0.15) is 5.10 Å². The van der Waals surface area contributed by atoms with Crippen molar-refractivity contribution in [1.29, 1.82) is 0 Å². The van der Waals surface area contributed by atoms with E-state index in [-0.39, 0.29) is 17.1 Å². The SMILES string of the molecule is Nc1cc2n(n1)CC(c1cc(Br)ccc1F)(C(F)F)NC2=O. The Kier molecular flexibility index (Phi) is 3.39. The van der Waals surface area contributed by atoms with Crippen LogP contribution in [0.4, 0.5) is 19.0 Å². The van der Waals surface area contributed by atoms with Crippen LogP contribution in [-0.2, 0) is 12.1 Å². The molecular weight excluding hydrogens is 365 g/mol. The van der Waals surface area contributed by atoms with Crippen LogP contribution in [0.1, 0.15) is 16.1 Å². The number of aromatic nitrogens is 2. The van der Waals surface area contributed by atoms with E-state index >= 15 is 0 Å². The third-order valence-corrected chi connectivity index (χ3v) is 4.04. The number of hydrogen-bond donors (Lipinski definition) is 2. The van der Waals surface area contributed by atoms with Gasteiger partial charge in [0.25, 0.3) is 12.3 Å². The molecule has 22 heavy (non-hydrogen) atoms. The second kappa shape index (κ2) is 5.01. The number of benzene rings is 1. The Balaban J connectivity index is 2.19. The zero-order valence-electron chi connectivity index (χ0n) is 11.0. The molecule has 3 rings (SSSR count). The molecule has 1 amide bonds. The number of nitrogens with one attached hydrogen (secondary N) is 1. The number of nitrogens with two attached hydrogens (primary N) is 1. The van der Waals surface area contributed by atoms with Crippen molar-refractivity contribution in [3.63, 3.8) is 0 Å². The summed E-state index contributed by atoms with van der Waals surface area (Å²) in [6.07, 6.45) is -3.04. The minimum Gasteiger partial charge on any atom is -0.382 e. The number of nitrogens with zero attached hydrogens (tertiary/aromatic N) is 2. The highest BCUT2D eigenvalue weighted by atomic mass is 79.9. The van der Waals surface area contributed by atoms with Gasteiger partial charge in [0, 0.05) is 16.1 Å². The Hall–Kier alpha value is -2.03. The van der Waals surface area contributed by atoms with Crippen LogP contribution in [0.2, 0.25) is 0 Å². The fourth-order valence-corrected chi connectivity index (χ4v) is 2.88. The highest BCUT2D eigenvalue weighted by Gasteiger charge is 2.49. The number of halogens is 4. The van der Waals surface area contributed by atoms with Crippen molar-refractivity contribution in [3.8, 4) is 0 Å². The van der Waals surface area contributed by atoms with E-state index in [1.165, 1.54) is 18.2 Å². The van der Waals surface area contributed by atoms with Crippen LogP contribution in [0.15, 0.2) is 28.7 Å². The predicted octanol–water partition coefficient (Wildman–Crippen LogP) is 2.27. The van der Waals surface area contributed by atoms with Gasteiger partial charge >= 0.3 is 0 Å². The number of rotatable bonds is 2. The monoisotopic (exact) mass is 374 g/mol. The first-order chi connectivity index (χ1) is 10.3. The summed E-state index contributed by atoms with van der Waals surface area (Å²) >= 11 is 3.12. The summed E-state index contributed by atoms with van der Waals surface area (Å²) in [5.74, 6) is -1.59. The molecule has 2 heterocycles. The molecule has 0 aliphatic carbocycles. The largest absolute Gasteiger partial charge is 0.382 e. The van der Waals surface area contributed by atoms with E-state index in [2.05, 4.69) is 26.3 Å². The van der Waals surface area contributed by atoms with Gasteiger partial charge < -0.3 is 11.1 Å². The van der Waals surface area contributed by atoms with E-state index in [1.54, 1.807) is 0 Å². The fourth-order valence-electron chi connectivity index (χ4n) is 2.52. The lowest BCUT2D eigenvalue weighted by atomic mass is 9.88. The summed E-state index contributed by atoms with van der Waals surface area (Å²) in [4.78, 5) is 12.1. The maximum Gasteiger partial charge on any atom is 0.270 e. The number of carbonyl (C=O) groups is 1. The zero-order chi connectivity index (χ0) is 16.1. The smallest absolute Gasteiger partial charge is 0.270 e. The molecule has 0 saturated heterocycles. The highest BCUT2D eigenvalue weighted by Crippen LogP contribution is 2.36. The predicted molar refractivity (Wildman–Crippen MR) is 75.9 cm³/mol. The molecule has 0 fully saturated rings. The molecule has 1 aromatic heterocycles. The summed E-state index contributed by atoms with van der Waals surface area (Å²) in [5, 5.41) is 6.04. The van der Waals surface area contributed by atoms with Crippen LogP contribution >= 0.6 is 15.9 Å². The number of carbonyl (C=O) groups excluding carboxylic acids is 1. The van der Waals surface area contributed by atoms with Gasteiger partial charge in [0.2, 0.25) is 0 Å². The molecule has 3 N–H and O–H groups in total. The summed E-state index contributed by atoms with van der Waals surface area (Å²) < 4.78 is 43.2. The van der Waals surface area contributed by atoms with Crippen molar-refractivity contribution in [1.82, 2.24) is 15.1 Å². The number of nitrogen functional groups attached to an aromatic ring is 1. The fraction of sp³-hybridized carbons (Fsp3) is 0.231. The average molecular weight is 375 g/mol. The Bertz CT molecular complexity index is 764. The van der Waals surface area contributed by atoms with Crippen LogP contribution in [-0.4, -0.2) is 22.1 Å². The van der Waals surface area contributed by atoms with E-state index < -0.39 is 30.2 Å². The lowest BCUT2D eigenvalue weighted by Crippen LogP contribution is -2.58. The molecule has 116 valence electrons. The van der Waals surface area contributed by atoms with E-state index in [4.69, 9.17) is 5.73 Å². The second-order valence-corrected chi connectivity index (χ2v) is 5.88. The van der Waals surface area contributed by atoms with Crippen LogP contribution in [0, 0.1) is 5.82 Å². The first-order valence-corrected chi connectivity index (χ1v) is 7.02. The van der Waals surface area contributed by atoms with Gasteiger partial charge in [-0.1, -0.05) is 15.9 Å². The van der Waals surface area contributed by atoms with E-state index in [0.29, 0.717) is 4.47 Å². The van der Waals surface area contributed by atoms with Gasteiger partial charge in [-0.05, 0) is 18.2 Å². The van der Waals surface area contributed by atoms with Gasteiger partial charge in [0.1, 0.15) is 22.9 Å². The van der Waals surface area contributed by atoms with Crippen molar-refractivity contribution in [2.45, 2.75) is 18.5 Å². The van der Waals surface area contributed by atoms with E-state index in [0.717, 1.165) is 10.7 Å². The van der Waals surface area contributed by atoms with Crippen molar-refractivity contribution < 1.29 is 18.0 Å². The normalized spacial score (nSPS) is 20.9. The number of anilines is 1. The van der Waals surface area contributed by atoms with Gasteiger partial charge in [0.15, 0.2) is 0 Å². The quantitative estimate of drug-likeness (QED) is 0.846. The van der Waals surface area contributed by atoms with Crippen molar-refractivity contribution in [2.75, 3.05) is 5.73 Å². The zero-order valence-corrected chi connectivity index (χ0v) is 12.6. The van der Waals surface area contributed by atoms with Gasteiger partial charge in [-0.25, -0.2) is 13.2 Å². The summed E-state index contributed by atoms with van der Waals surface area (Å²) in [6.45, 7) is -0.420. The first-order valence-electron chi connectivity index (χ1n) is 6.23. The molecule has 1 atom stereocenters. The molecule has 0 radical (unpaired) electrons. The topological polar surface area (TPSA) is 72.9 Å². The second-order valence-electron chi connectivity index (χ2n) is 4.96. The first kappa shape index (κ1) is 14.9. The number of amides is 1. The molecule has 1 aliphatic heterocycles. The average Bonchev–Trinajstić information content (AvgIpc) is 2.82. The van der Waals surface area contributed by atoms with Crippen LogP contribution in [0.25, 0.3) is 0 Å². The Morgan fingerprint density at radius 2 is 2.14 bits per heavy atom.